The van der Waals surface area contributed by atoms with Gasteiger partial charge in [-0.25, -0.2) is 4.98 Å². The van der Waals surface area contributed by atoms with Gasteiger partial charge in [-0.05, 0) is 0 Å². The van der Waals surface area contributed by atoms with Gasteiger partial charge in [-0.1, -0.05) is 0 Å². The summed E-state index contributed by atoms with van der Waals surface area (Å²) in [6.45, 7) is 0. The number of thiazole rings is 1. The molecule has 0 saturated heterocycles. The minimum absolute atomic E-state index is 0.477. The van der Waals surface area contributed by atoms with Gasteiger partial charge in [0.2, 0.25) is 0 Å². The second-order valence-electron chi connectivity index (χ2n) is 2.66. The average molecular weight is 214 g/mol. The van der Waals surface area contributed by atoms with E-state index >= 15 is 0 Å². The first kappa shape index (κ1) is 8.72. The van der Waals surface area contributed by atoms with Crippen LogP contribution in [0.3, 0.4) is 0 Å². The fourth-order valence-corrected chi connectivity index (χ4v) is 1.96. The molecule has 5 heteroatoms. The van der Waals surface area contributed by atoms with Crippen molar-refractivity contribution in [2.45, 2.75) is 5.88 Å². The molecule has 2 heterocycles. The molecule has 0 aliphatic carbocycles. The summed E-state index contributed by atoms with van der Waals surface area (Å²) in [6.07, 6.45) is 3.74. The molecule has 68 valence electrons. The van der Waals surface area contributed by atoms with Crippen molar-refractivity contribution in [3.05, 3.63) is 22.8 Å². The zero-order valence-corrected chi connectivity index (χ0v) is 8.64. The topological polar surface area (TPSA) is 30.7 Å². The lowest BCUT2D eigenvalue weighted by molar-refractivity contribution is 0.768. The lowest BCUT2D eigenvalue weighted by Crippen LogP contribution is -1.84. The van der Waals surface area contributed by atoms with Crippen molar-refractivity contribution in [2.24, 2.45) is 7.05 Å². The number of rotatable bonds is 2. The number of alkyl halides is 1. The van der Waals surface area contributed by atoms with Gasteiger partial charge in [0.25, 0.3) is 0 Å². The monoisotopic (exact) mass is 213 g/mol. The Bertz CT molecular complexity index is 407. The fourth-order valence-electron chi connectivity index (χ4n) is 1.06. The van der Waals surface area contributed by atoms with Gasteiger partial charge in [-0.2, -0.15) is 5.10 Å². The van der Waals surface area contributed by atoms with Gasteiger partial charge in [0.05, 0.1) is 17.8 Å². The predicted molar refractivity (Wildman–Crippen MR) is 53.9 cm³/mol. The van der Waals surface area contributed by atoms with Crippen LogP contribution in [0.25, 0.3) is 11.3 Å². The van der Waals surface area contributed by atoms with E-state index in [9.17, 15) is 0 Å². The summed E-state index contributed by atoms with van der Waals surface area (Å²) in [6, 6.07) is 0. The second-order valence-corrected chi connectivity index (χ2v) is 3.87. The van der Waals surface area contributed by atoms with Crippen LogP contribution in [-0.2, 0) is 12.9 Å². The fraction of sp³-hybridized carbons (Fsp3) is 0.250. The van der Waals surface area contributed by atoms with Gasteiger partial charge in [0.1, 0.15) is 5.01 Å². The largest absolute Gasteiger partial charge is 0.275 e. The maximum atomic E-state index is 5.66. The number of hydrogen-bond donors (Lipinski definition) is 0. The van der Waals surface area contributed by atoms with E-state index in [2.05, 4.69) is 10.1 Å². The third-order valence-corrected chi connectivity index (χ3v) is 2.93. The van der Waals surface area contributed by atoms with E-state index in [0.717, 1.165) is 16.3 Å². The molecule has 0 saturated carbocycles. The highest BCUT2D eigenvalue weighted by Gasteiger charge is 2.04. The highest BCUT2D eigenvalue weighted by atomic mass is 35.5. The van der Waals surface area contributed by atoms with Gasteiger partial charge in [-0.3, -0.25) is 4.68 Å². The van der Waals surface area contributed by atoms with Crippen LogP contribution < -0.4 is 0 Å². The molecule has 0 amide bonds. The quantitative estimate of drug-likeness (QED) is 0.717. The number of halogens is 1. The van der Waals surface area contributed by atoms with Gasteiger partial charge in [-0.15, -0.1) is 22.9 Å². The third kappa shape index (κ3) is 1.73. The van der Waals surface area contributed by atoms with Crippen LogP contribution in [0, 0.1) is 0 Å². The molecule has 0 radical (unpaired) electrons. The molecule has 0 N–H and O–H groups in total. The van der Waals surface area contributed by atoms with Crippen molar-refractivity contribution in [1.82, 2.24) is 14.8 Å². The van der Waals surface area contributed by atoms with Crippen LogP contribution in [0.1, 0.15) is 5.01 Å². The predicted octanol–water partition coefficient (Wildman–Crippen LogP) is 2.28. The van der Waals surface area contributed by atoms with E-state index < -0.39 is 0 Å². The van der Waals surface area contributed by atoms with Crippen LogP contribution in [0.4, 0.5) is 0 Å². The van der Waals surface area contributed by atoms with Gasteiger partial charge >= 0.3 is 0 Å². The van der Waals surface area contributed by atoms with E-state index in [0.29, 0.717) is 5.88 Å². The minimum Gasteiger partial charge on any atom is -0.275 e. The van der Waals surface area contributed by atoms with Crippen LogP contribution in [0.15, 0.2) is 17.8 Å². The number of hydrogen-bond acceptors (Lipinski definition) is 3. The summed E-state index contributed by atoms with van der Waals surface area (Å²) < 4.78 is 1.76. The average Bonchev–Trinajstić information content (AvgIpc) is 2.71. The van der Waals surface area contributed by atoms with Crippen LogP contribution >= 0.6 is 22.9 Å². The summed E-state index contributed by atoms with van der Waals surface area (Å²) in [5, 5.41) is 7.02. The molecule has 0 bridgehead atoms. The molecule has 0 spiro atoms. The Hall–Kier alpha value is -0.870. The lowest BCUT2D eigenvalue weighted by atomic mass is 10.3. The molecule has 0 aliphatic heterocycles. The maximum absolute atomic E-state index is 5.66. The highest BCUT2D eigenvalue weighted by molar-refractivity contribution is 7.10. The van der Waals surface area contributed by atoms with E-state index in [4.69, 9.17) is 11.6 Å². The standard InChI is InChI=1S/C8H8ClN3S/c1-12-4-6(3-10-12)7-5-13-8(2-9)11-7/h3-5H,2H2,1H3. The summed E-state index contributed by atoms with van der Waals surface area (Å²) >= 11 is 7.23. The summed E-state index contributed by atoms with van der Waals surface area (Å²) in [5.74, 6) is 0.477. The number of aromatic nitrogens is 3. The Morgan fingerprint density at radius 1 is 1.62 bits per heavy atom. The van der Waals surface area contributed by atoms with E-state index in [-0.39, 0.29) is 0 Å². The van der Waals surface area contributed by atoms with Crippen LogP contribution in [0.2, 0.25) is 0 Å². The Balaban J connectivity index is 2.35. The molecular weight excluding hydrogens is 206 g/mol. The molecular formula is C8H8ClN3S. The Labute approximate surface area is 85.0 Å². The molecule has 0 fully saturated rings. The molecule has 2 aromatic heterocycles. The molecule has 13 heavy (non-hydrogen) atoms. The molecule has 0 unspecified atom stereocenters. The van der Waals surface area contributed by atoms with Crippen molar-refractivity contribution in [1.29, 1.82) is 0 Å². The van der Waals surface area contributed by atoms with Gasteiger partial charge in [0, 0.05) is 24.2 Å². The minimum atomic E-state index is 0.477. The van der Waals surface area contributed by atoms with Crippen molar-refractivity contribution in [3.63, 3.8) is 0 Å². The van der Waals surface area contributed by atoms with E-state index in [1.807, 2.05) is 18.6 Å². The maximum Gasteiger partial charge on any atom is 0.108 e. The first-order valence-corrected chi connectivity index (χ1v) is 5.20. The van der Waals surface area contributed by atoms with Crippen molar-refractivity contribution in [3.8, 4) is 11.3 Å². The van der Waals surface area contributed by atoms with Gasteiger partial charge < -0.3 is 0 Å². The van der Waals surface area contributed by atoms with Crippen LogP contribution in [-0.4, -0.2) is 14.8 Å². The molecule has 3 nitrogen and oxygen atoms in total. The SMILES string of the molecule is Cn1cc(-c2csc(CCl)n2)cn1. The first-order valence-electron chi connectivity index (χ1n) is 3.79. The van der Waals surface area contributed by atoms with E-state index in [1.165, 1.54) is 0 Å². The van der Waals surface area contributed by atoms with Crippen molar-refractivity contribution >= 4 is 22.9 Å². The summed E-state index contributed by atoms with van der Waals surface area (Å²) in [7, 11) is 1.89. The van der Waals surface area contributed by atoms with Gasteiger partial charge in [0.15, 0.2) is 0 Å². The van der Waals surface area contributed by atoms with Crippen molar-refractivity contribution in [2.75, 3.05) is 0 Å². The number of nitrogens with zero attached hydrogens (tertiary/aromatic N) is 3. The second kappa shape index (κ2) is 3.47. The Morgan fingerprint density at radius 3 is 3.00 bits per heavy atom. The van der Waals surface area contributed by atoms with Crippen LogP contribution in [0.5, 0.6) is 0 Å². The van der Waals surface area contributed by atoms with Crippen molar-refractivity contribution < 1.29 is 0 Å². The third-order valence-electron chi connectivity index (χ3n) is 1.67. The normalized spacial score (nSPS) is 10.6. The molecule has 0 aliphatic rings. The number of aryl methyl sites for hydroxylation is 1. The zero-order valence-electron chi connectivity index (χ0n) is 7.07. The smallest absolute Gasteiger partial charge is 0.108 e. The first-order chi connectivity index (χ1) is 6.29. The highest BCUT2D eigenvalue weighted by Crippen LogP contribution is 2.21. The Morgan fingerprint density at radius 2 is 2.46 bits per heavy atom. The molecule has 2 rings (SSSR count). The zero-order chi connectivity index (χ0) is 9.26. The Kier molecular flexibility index (Phi) is 2.33. The lowest BCUT2D eigenvalue weighted by Gasteiger charge is -1.86. The molecule has 0 aromatic carbocycles. The summed E-state index contributed by atoms with van der Waals surface area (Å²) in [5.41, 5.74) is 1.99. The molecule has 0 atom stereocenters. The summed E-state index contributed by atoms with van der Waals surface area (Å²) in [4.78, 5) is 4.35. The molecule has 2 aromatic rings. The van der Waals surface area contributed by atoms with E-state index in [1.54, 1.807) is 22.2 Å².